The van der Waals surface area contributed by atoms with Crippen LogP contribution in [0, 0.1) is 0 Å². The van der Waals surface area contributed by atoms with Crippen molar-refractivity contribution in [1.82, 2.24) is 0 Å². The molecular weight excluding hydrogens is 78.1 g/mol. The van der Waals surface area contributed by atoms with Crippen molar-refractivity contribution in [3.63, 3.8) is 0 Å². The summed E-state index contributed by atoms with van der Waals surface area (Å²) >= 11 is 0. The smallest absolute Gasteiger partial charge is 0.0541 e. The fourth-order valence-corrected chi connectivity index (χ4v) is 0.293. The minimum atomic E-state index is -0.278. The highest BCUT2D eigenvalue weighted by atomic mass is 13.3. The van der Waals surface area contributed by atoms with Crippen molar-refractivity contribution in [2.75, 3.05) is 0 Å². The van der Waals surface area contributed by atoms with Gasteiger partial charge in [-0.1, -0.05) is 13.2 Å². The molecule has 0 aliphatic rings. The first kappa shape index (κ1) is 7.32. The summed E-state index contributed by atoms with van der Waals surface area (Å²) in [6.45, 7) is 2.04. The molecule has 5 heteroatoms. The molecule has 0 aromatic carbocycles. The van der Waals surface area contributed by atoms with Crippen LogP contribution in [0.3, 0.4) is 0 Å². The lowest BCUT2D eigenvalue weighted by Crippen LogP contribution is -2.28. The van der Waals surface area contributed by atoms with Crippen LogP contribution in [0.25, 0.3) is 0 Å². The third kappa shape index (κ3) is 6.32. The summed E-state index contributed by atoms with van der Waals surface area (Å²) in [5.74, 6) is 0. The molecule has 0 fully saturated rings. The highest BCUT2D eigenvalue weighted by Crippen LogP contribution is 1.69. The molecule has 6 radical (unpaired) electrons. The van der Waals surface area contributed by atoms with Crippen molar-refractivity contribution in [2.45, 2.75) is 13.2 Å². The first-order valence-electron chi connectivity index (χ1n) is 2.45. The van der Waals surface area contributed by atoms with E-state index in [-0.39, 0.29) is 6.39 Å². The van der Waals surface area contributed by atoms with Crippen molar-refractivity contribution in [1.29, 1.82) is 0 Å². The molecule has 0 saturated carbocycles. The molecule has 0 unspecified atom stereocenters. The van der Waals surface area contributed by atoms with Crippen LogP contribution in [0.2, 0.25) is 6.32 Å². The van der Waals surface area contributed by atoms with E-state index in [4.69, 9.17) is 15.5 Å². The Kier molecular flexibility index (Phi) is 4.69. The lowest BCUT2D eigenvalue weighted by atomic mass is 8.93. The van der Waals surface area contributed by atoms with Crippen LogP contribution < -0.4 is 0 Å². The molecule has 0 atom stereocenters. The Morgan fingerprint density at radius 3 is 2.29 bits per heavy atom. The molecule has 0 amide bonds. The lowest BCUT2D eigenvalue weighted by Gasteiger charge is -1.93. The molecule has 7 heavy (non-hydrogen) atoms. The topological polar surface area (TPSA) is 0 Å². The molecule has 0 rings (SSSR count). The Balaban J connectivity index is 2.68. The van der Waals surface area contributed by atoms with Gasteiger partial charge in [0.05, 0.1) is 7.17 Å². The Bertz CT molecular complexity index is 35.1. The fourth-order valence-electron chi connectivity index (χ4n) is 0.293. The van der Waals surface area contributed by atoms with E-state index in [0.29, 0.717) is 0 Å². The summed E-state index contributed by atoms with van der Waals surface area (Å²) in [6, 6.07) is 0. The Hall–Kier alpha value is 0.325. The van der Waals surface area contributed by atoms with E-state index in [9.17, 15) is 0 Å². The van der Waals surface area contributed by atoms with Gasteiger partial charge in [-0.05, 0) is 0 Å². The van der Waals surface area contributed by atoms with E-state index in [1.807, 2.05) is 14.1 Å². The van der Waals surface area contributed by atoms with Gasteiger partial charge < -0.3 is 0 Å². The molecule has 0 bridgehead atoms. The molecule has 0 aliphatic carbocycles. The molecule has 0 aliphatic heterocycles. The van der Waals surface area contributed by atoms with Crippen molar-refractivity contribution in [3.05, 3.63) is 0 Å². The van der Waals surface area contributed by atoms with Gasteiger partial charge in [0.15, 0.2) is 0 Å². The molecule has 0 spiro atoms. The minimum absolute atomic E-state index is 0.278. The summed E-state index contributed by atoms with van der Waals surface area (Å²) in [5, 5.41) is 0. The monoisotopic (exact) mass is 84.1 g/mol. The molecule has 0 aromatic heterocycles. The van der Waals surface area contributed by atoms with Crippen LogP contribution in [-0.2, 0) is 0 Å². The van der Waals surface area contributed by atoms with Crippen molar-refractivity contribution in [3.8, 4) is 0 Å². The summed E-state index contributed by atoms with van der Waals surface area (Å²) in [5.41, 5.74) is 0. The van der Waals surface area contributed by atoms with Crippen molar-refractivity contribution < 1.29 is 0 Å². The second-order valence-electron chi connectivity index (χ2n) is 1.41. The van der Waals surface area contributed by atoms with Crippen LogP contribution in [-0.4, -0.2) is 36.1 Å². The highest BCUT2D eigenvalue weighted by molar-refractivity contribution is 7.62. The van der Waals surface area contributed by atoms with Gasteiger partial charge in [0.2, 0.25) is 0 Å². The van der Waals surface area contributed by atoms with Gasteiger partial charge >= 0.3 is 0 Å². The summed E-state index contributed by atoms with van der Waals surface area (Å²) in [6.07, 6.45) is 0.727. The number of rotatable bonds is 3. The lowest BCUT2D eigenvalue weighted by molar-refractivity contribution is 1.47. The summed E-state index contributed by atoms with van der Waals surface area (Å²) in [4.78, 5) is 0. The normalized spacial score (nSPS) is 7.57. The maximum atomic E-state index is 5.17. The molecule has 28 valence electrons. The summed E-state index contributed by atoms with van der Waals surface area (Å²) in [7, 11) is 14.1. The average molecular weight is 83.1 g/mol. The van der Waals surface area contributed by atoms with E-state index in [0.717, 1.165) is 6.32 Å². The third-order valence-corrected chi connectivity index (χ3v) is 0.594. The van der Waals surface area contributed by atoms with Gasteiger partial charge in [0.1, 0.15) is 0 Å². The van der Waals surface area contributed by atoms with Crippen LogP contribution >= 0.6 is 0 Å². The predicted molar refractivity (Wildman–Crippen MR) is 39.3 cm³/mol. The van der Waals surface area contributed by atoms with Gasteiger partial charge in [0.25, 0.3) is 0 Å². The fraction of sp³-hybridized carbons (Fsp3) is 1.00. The molecule has 0 N–H and O–H groups in total. The van der Waals surface area contributed by atoms with Gasteiger partial charge in [-0.2, -0.15) is 0 Å². The standard InChI is InChI=1S/C2H5B5/c1-2-5-6-7(3)4/h2H2,1H3. The van der Waals surface area contributed by atoms with E-state index in [2.05, 4.69) is 0 Å². The van der Waals surface area contributed by atoms with Crippen LogP contribution in [0.4, 0.5) is 0 Å². The van der Waals surface area contributed by atoms with Crippen LogP contribution in [0.1, 0.15) is 6.92 Å². The zero-order valence-electron chi connectivity index (χ0n) is 4.59. The number of hydrogen-bond acceptors (Lipinski definition) is 0. The van der Waals surface area contributed by atoms with E-state index >= 15 is 0 Å². The quantitative estimate of drug-likeness (QED) is 0.387. The van der Waals surface area contributed by atoms with Gasteiger partial charge in [-0.3, -0.25) is 0 Å². The van der Waals surface area contributed by atoms with Crippen LogP contribution in [0.5, 0.6) is 0 Å². The zero-order valence-corrected chi connectivity index (χ0v) is 4.59. The second kappa shape index (κ2) is 4.48. The summed E-state index contributed by atoms with van der Waals surface area (Å²) < 4.78 is 0. The maximum Gasteiger partial charge on any atom is 0.0541 e. The van der Waals surface area contributed by atoms with E-state index in [1.165, 1.54) is 0 Å². The molecule has 0 nitrogen and oxygen atoms in total. The Morgan fingerprint density at radius 2 is 2.14 bits per heavy atom. The third-order valence-electron chi connectivity index (χ3n) is 0.594. The largest absolute Gasteiger partial charge is 0.0923 e. The van der Waals surface area contributed by atoms with Gasteiger partial charge in [-0.15, -0.1) is 0 Å². The SMILES string of the molecule is [B]B([B])[B][B]CC. The number of hydrogen-bond donors (Lipinski definition) is 0. The first-order valence-corrected chi connectivity index (χ1v) is 2.45. The average Bonchev–Trinajstić information content (AvgIpc) is 1.61. The van der Waals surface area contributed by atoms with E-state index < -0.39 is 0 Å². The Labute approximate surface area is 50.1 Å². The van der Waals surface area contributed by atoms with Crippen molar-refractivity contribution in [2.24, 2.45) is 0 Å². The molecular formula is C2H5B5. The first-order chi connectivity index (χ1) is 3.27. The molecule has 0 aromatic rings. The van der Waals surface area contributed by atoms with E-state index in [1.54, 1.807) is 7.06 Å². The van der Waals surface area contributed by atoms with Gasteiger partial charge in [0, 0.05) is 28.9 Å². The zero-order chi connectivity index (χ0) is 5.70. The minimum Gasteiger partial charge on any atom is -0.0923 e. The highest BCUT2D eigenvalue weighted by Gasteiger charge is 1.94. The molecule has 0 heterocycles. The van der Waals surface area contributed by atoms with Gasteiger partial charge in [-0.25, -0.2) is 0 Å². The Morgan fingerprint density at radius 1 is 1.57 bits per heavy atom. The molecule has 0 saturated heterocycles. The maximum absolute atomic E-state index is 5.17. The second-order valence-corrected chi connectivity index (χ2v) is 1.41. The van der Waals surface area contributed by atoms with Crippen molar-refractivity contribution >= 4 is 36.1 Å². The van der Waals surface area contributed by atoms with Crippen LogP contribution in [0.15, 0.2) is 0 Å². The predicted octanol–water partition coefficient (Wildman–Crippen LogP) is -0.930.